The van der Waals surface area contributed by atoms with Crippen molar-refractivity contribution in [3.05, 3.63) is 58.6 Å². The van der Waals surface area contributed by atoms with Gasteiger partial charge in [0.15, 0.2) is 5.78 Å². The fourth-order valence-electron chi connectivity index (χ4n) is 2.80. The summed E-state index contributed by atoms with van der Waals surface area (Å²) in [5, 5.41) is 3.87. The second kappa shape index (κ2) is 5.78. The maximum absolute atomic E-state index is 12.9. The van der Waals surface area contributed by atoms with E-state index in [1.54, 1.807) is 25.3 Å². The standard InChI is InChI=1S/C17H16ClNO2/c1-21-16-7-6-11(18)10-14(16)17(20)13-8-9-19-15-5-3-2-4-12(13)15/h2-7,10,13,19H,8-9H2,1H3. The highest BCUT2D eigenvalue weighted by molar-refractivity contribution is 6.31. The molecule has 1 N–H and O–H groups in total. The van der Waals surface area contributed by atoms with Crippen molar-refractivity contribution < 1.29 is 9.53 Å². The topological polar surface area (TPSA) is 38.3 Å². The Bertz CT molecular complexity index is 684. The van der Waals surface area contributed by atoms with Crippen LogP contribution in [0.4, 0.5) is 5.69 Å². The Morgan fingerprint density at radius 2 is 2.10 bits per heavy atom. The van der Waals surface area contributed by atoms with E-state index in [0.717, 1.165) is 24.2 Å². The van der Waals surface area contributed by atoms with Crippen LogP contribution in [0.5, 0.6) is 5.75 Å². The Kier molecular flexibility index (Phi) is 3.84. The molecule has 0 saturated heterocycles. The predicted octanol–water partition coefficient (Wildman–Crippen LogP) is 4.13. The lowest BCUT2D eigenvalue weighted by Gasteiger charge is -2.26. The van der Waals surface area contributed by atoms with E-state index in [1.807, 2.05) is 24.3 Å². The quantitative estimate of drug-likeness (QED) is 0.866. The number of carbonyl (C=O) groups excluding carboxylic acids is 1. The number of rotatable bonds is 3. The fourth-order valence-corrected chi connectivity index (χ4v) is 2.97. The van der Waals surface area contributed by atoms with Gasteiger partial charge in [0.05, 0.1) is 18.6 Å². The van der Waals surface area contributed by atoms with Crippen LogP contribution in [0.3, 0.4) is 0 Å². The van der Waals surface area contributed by atoms with Crippen molar-refractivity contribution in [3.63, 3.8) is 0 Å². The second-order valence-corrected chi connectivity index (χ2v) is 5.50. The first-order valence-electron chi connectivity index (χ1n) is 6.91. The van der Waals surface area contributed by atoms with E-state index in [0.29, 0.717) is 16.3 Å². The molecule has 1 aliphatic rings. The molecule has 0 bridgehead atoms. The number of fused-ring (bicyclic) bond motifs is 1. The van der Waals surface area contributed by atoms with E-state index >= 15 is 0 Å². The van der Waals surface area contributed by atoms with Crippen LogP contribution in [0.25, 0.3) is 0 Å². The Balaban J connectivity index is 2.02. The minimum Gasteiger partial charge on any atom is -0.496 e. The van der Waals surface area contributed by atoms with Crippen molar-refractivity contribution in [3.8, 4) is 5.75 Å². The van der Waals surface area contributed by atoms with Crippen molar-refractivity contribution in [2.24, 2.45) is 0 Å². The molecule has 0 aromatic heterocycles. The zero-order valence-electron chi connectivity index (χ0n) is 11.7. The summed E-state index contributed by atoms with van der Waals surface area (Å²) < 4.78 is 5.31. The minimum atomic E-state index is -0.158. The molecule has 3 nitrogen and oxygen atoms in total. The van der Waals surface area contributed by atoms with Gasteiger partial charge in [-0.1, -0.05) is 29.8 Å². The Hall–Kier alpha value is -2.00. The SMILES string of the molecule is COc1ccc(Cl)cc1C(=O)C1CCNc2ccccc21. The first-order chi connectivity index (χ1) is 10.2. The summed E-state index contributed by atoms with van der Waals surface area (Å²) in [7, 11) is 1.57. The van der Waals surface area contributed by atoms with Crippen LogP contribution in [-0.4, -0.2) is 19.4 Å². The fraction of sp³-hybridized carbons (Fsp3) is 0.235. The van der Waals surface area contributed by atoms with Crippen molar-refractivity contribution in [1.29, 1.82) is 0 Å². The highest BCUT2D eigenvalue weighted by atomic mass is 35.5. The van der Waals surface area contributed by atoms with Crippen molar-refractivity contribution in [2.45, 2.75) is 12.3 Å². The van der Waals surface area contributed by atoms with Crippen molar-refractivity contribution in [2.75, 3.05) is 19.0 Å². The van der Waals surface area contributed by atoms with Crippen molar-refractivity contribution >= 4 is 23.1 Å². The number of carbonyl (C=O) groups is 1. The van der Waals surface area contributed by atoms with Crippen LogP contribution in [0.15, 0.2) is 42.5 Å². The van der Waals surface area contributed by atoms with Gasteiger partial charge in [-0.3, -0.25) is 4.79 Å². The zero-order valence-corrected chi connectivity index (χ0v) is 12.5. The van der Waals surface area contributed by atoms with E-state index in [1.165, 1.54) is 0 Å². The molecule has 3 rings (SSSR count). The lowest BCUT2D eigenvalue weighted by molar-refractivity contribution is 0.0952. The molecule has 1 atom stereocenters. The van der Waals surface area contributed by atoms with Crippen LogP contribution in [0, 0.1) is 0 Å². The van der Waals surface area contributed by atoms with Crippen LogP contribution in [-0.2, 0) is 0 Å². The normalized spacial score (nSPS) is 16.8. The van der Waals surface area contributed by atoms with E-state index in [4.69, 9.17) is 16.3 Å². The van der Waals surface area contributed by atoms with Gasteiger partial charge in [0.1, 0.15) is 5.75 Å². The summed E-state index contributed by atoms with van der Waals surface area (Å²) in [5.41, 5.74) is 2.62. The Morgan fingerprint density at radius 3 is 2.90 bits per heavy atom. The molecule has 1 unspecified atom stereocenters. The first kappa shape index (κ1) is 14.0. The molecule has 2 aromatic rings. The third-order valence-electron chi connectivity index (χ3n) is 3.83. The van der Waals surface area contributed by atoms with Gasteiger partial charge in [0.25, 0.3) is 0 Å². The largest absolute Gasteiger partial charge is 0.496 e. The molecule has 21 heavy (non-hydrogen) atoms. The summed E-state index contributed by atoms with van der Waals surface area (Å²) in [6.07, 6.45) is 0.769. The lowest BCUT2D eigenvalue weighted by Crippen LogP contribution is -2.23. The molecule has 4 heteroatoms. The third kappa shape index (κ3) is 2.61. The second-order valence-electron chi connectivity index (χ2n) is 5.06. The van der Waals surface area contributed by atoms with Crippen LogP contribution >= 0.6 is 11.6 Å². The van der Waals surface area contributed by atoms with E-state index in [-0.39, 0.29) is 11.7 Å². The van der Waals surface area contributed by atoms with Crippen molar-refractivity contribution in [1.82, 2.24) is 0 Å². The van der Waals surface area contributed by atoms with Crippen LogP contribution in [0.2, 0.25) is 5.02 Å². The minimum absolute atomic E-state index is 0.0586. The van der Waals surface area contributed by atoms with E-state index < -0.39 is 0 Å². The molecular weight excluding hydrogens is 286 g/mol. The average molecular weight is 302 g/mol. The van der Waals surface area contributed by atoms with E-state index in [9.17, 15) is 4.79 Å². The number of benzene rings is 2. The molecule has 0 radical (unpaired) electrons. The number of hydrogen-bond acceptors (Lipinski definition) is 3. The molecule has 108 valence electrons. The predicted molar refractivity (Wildman–Crippen MR) is 84.6 cm³/mol. The summed E-state index contributed by atoms with van der Waals surface area (Å²) in [4.78, 5) is 12.9. The number of ketones is 1. The number of para-hydroxylation sites is 1. The lowest BCUT2D eigenvalue weighted by atomic mass is 9.84. The smallest absolute Gasteiger partial charge is 0.174 e. The van der Waals surface area contributed by atoms with Gasteiger partial charge in [-0.25, -0.2) is 0 Å². The monoisotopic (exact) mass is 301 g/mol. The molecule has 0 fully saturated rings. The van der Waals surface area contributed by atoms with Gasteiger partial charge in [0, 0.05) is 17.3 Å². The van der Waals surface area contributed by atoms with Gasteiger partial charge in [0.2, 0.25) is 0 Å². The highest BCUT2D eigenvalue weighted by Gasteiger charge is 2.28. The zero-order chi connectivity index (χ0) is 14.8. The van der Waals surface area contributed by atoms with Gasteiger partial charge in [-0.2, -0.15) is 0 Å². The summed E-state index contributed by atoms with van der Waals surface area (Å²) >= 11 is 6.04. The van der Waals surface area contributed by atoms with Crippen LogP contribution in [0.1, 0.15) is 28.3 Å². The molecule has 0 aliphatic carbocycles. The Morgan fingerprint density at radius 1 is 1.29 bits per heavy atom. The van der Waals surface area contributed by atoms with Gasteiger partial charge < -0.3 is 10.1 Å². The van der Waals surface area contributed by atoms with Gasteiger partial charge >= 0.3 is 0 Å². The van der Waals surface area contributed by atoms with Gasteiger partial charge in [-0.05, 0) is 36.2 Å². The summed E-state index contributed by atoms with van der Waals surface area (Å²) in [6.45, 7) is 0.788. The number of anilines is 1. The van der Waals surface area contributed by atoms with E-state index in [2.05, 4.69) is 5.32 Å². The molecular formula is C17H16ClNO2. The number of Topliss-reactive ketones (excluding diaryl/α,β-unsaturated/α-hetero) is 1. The number of ether oxygens (including phenoxy) is 1. The number of halogens is 1. The molecule has 0 amide bonds. The maximum Gasteiger partial charge on any atom is 0.174 e. The average Bonchev–Trinajstić information content (AvgIpc) is 2.53. The molecule has 2 aromatic carbocycles. The first-order valence-corrected chi connectivity index (χ1v) is 7.29. The molecule has 1 aliphatic heterocycles. The van der Waals surface area contributed by atoms with Gasteiger partial charge in [-0.15, -0.1) is 0 Å². The molecule has 0 saturated carbocycles. The number of nitrogens with one attached hydrogen (secondary N) is 1. The summed E-state index contributed by atoms with van der Waals surface area (Å²) in [6, 6.07) is 13.1. The molecule has 1 heterocycles. The highest BCUT2D eigenvalue weighted by Crippen LogP contribution is 2.36. The Labute approximate surface area is 128 Å². The maximum atomic E-state index is 12.9. The summed E-state index contributed by atoms with van der Waals surface area (Å²) in [5.74, 6) is 0.471. The number of methoxy groups -OCH3 is 1. The molecule has 0 spiro atoms. The number of hydrogen-bond donors (Lipinski definition) is 1. The van der Waals surface area contributed by atoms with Crippen LogP contribution < -0.4 is 10.1 Å². The third-order valence-corrected chi connectivity index (χ3v) is 4.06.